The summed E-state index contributed by atoms with van der Waals surface area (Å²) in [7, 11) is 0. The number of aromatic carboxylic acids is 1. The molecule has 0 aliphatic carbocycles. The van der Waals surface area contributed by atoms with Crippen LogP contribution in [-0.4, -0.2) is 35.6 Å². The van der Waals surface area contributed by atoms with E-state index in [4.69, 9.17) is 5.11 Å². The number of nitrogens with one attached hydrogen (secondary N) is 3. The molecule has 0 heterocycles. The van der Waals surface area contributed by atoms with Gasteiger partial charge in [0, 0.05) is 25.6 Å². The van der Waals surface area contributed by atoms with Crippen LogP contribution in [0.4, 0.5) is 4.79 Å². The number of benzene rings is 1. The Morgan fingerprint density at radius 3 is 2.35 bits per heavy atom. The van der Waals surface area contributed by atoms with Gasteiger partial charge in [0.15, 0.2) is 0 Å². The van der Waals surface area contributed by atoms with E-state index in [1.165, 1.54) is 12.1 Å². The lowest BCUT2D eigenvalue weighted by Crippen LogP contribution is -2.38. The van der Waals surface area contributed by atoms with Crippen LogP contribution in [0.5, 0.6) is 0 Å². The lowest BCUT2D eigenvalue weighted by molar-refractivity contribution is -0.121. The standard InChI is InChI=1S/C16H23N3O4/c1-3-11(2)19-14(20)8-9-17-16(23)18-10-12-4-6-13(7-5-12)15(21)22/h4-7,11H,3,8-10H2,1-2H3,(H,19,20)(H,21,22)(H2,17,18,23). The summed E-state index contributed by atoms with van der Waals surface area (Å²) in [4.78, 5) is 33.9. The van der Waals surface area contributed by atoms with Crippen LogP contribution < -0.4 is 16.0 Å². The van der Waals surface area contributed by atoms with Crippen molar-refractivity contribution in [2.24, 2.45) is 0 Å². The molecule has 0 aliphatic heterocycles. The van der Waals surface area contributed by atoms with E-state index < -0.39 is 5.97 Å². The van der Waals surface area contributed by atoms with E-state index >= 15 is 0 Å². The quantitative estimate of drug-likeness (QED) is 0.582. The topological polar surface area (TPSA) is 108 Å². The maximum absolute atomic E-state index is 11.6. The SMILES string of the molecule is CCC(C)NC(=O)CCNC(=O)NCc1ccc(C(=O)O)cc1. The summed E-state index contributed by atoms with van der Waals surface area (Å²) < 4.78 is 0. The molecule has 0 aromatic heterocycles. The minimum Gasteiger partial charge on any atom is -0.478 e. The molecule has 0 fully saturated rings. The molecule has 0 saturated heterocycles. The highest BCUT2D eigenvalue weighted by Crippen LogP contribution is 2.04. The zero-order valence-electron chi connectivity index (χ0n) is 13.4. The molecule has 1 unspecified atom stereocenters. The number of urea groups is 1. The Hall–Kier alpha value is -2.57. The van der Waals surface area contributed by atoms with Crippen molar-refractivity contribution in [2.75, 3.05) is 6.54 Å². The highest BCUT2D eigenvalue weighted by atomic mass is 16.4. The van der Waals surface area contributed by atoms with Crippen molar-refractivity contribution < 1.29 is 19.5 Å². The van der Waals surface area contributed by atoms with Gasteiger partial charge in [-0.05, 0) is 31.0 Å². The molecular formula is C16H23N3O4. The molecule has 23 heavy (non-hydrogen) atoms. The Bertz CT molecular complexity index is 543. The Balaban J connectivity index is 2.24. The van der Waals surface area contributed by atoms with Crippen LogP contribution in [0.25, 0.3) is 0 Å². The Labute approximate surface area is 135 Å². The van der Waals surface area contributed by atoms with E-state index in [1.807, 2.05) is 13.8 Å². The average molecular weight is 321 g/mol. The van der Waals surface area contributed by atoms with E-state index in [0.717, 1.165) is 12.0 Å². The van der Waals surface area contributed by atoms with Gasteiger partial charge < -0.3 is 21.1 Å². The van der Waals surface area contributed by atoms with E-state index in [2.05, 4.69) is 16.0 Å². The van der Waals surface area contributed by atoms with Crippen molar-refractivity contribution in [2.45, 2.75) is 39.3 Å². The summed E-state index contributed by atoms with van der Waals surface area (Å²) in [6.45, 7) is 4.45. The largest absolute Gasteiger partial charge is 0.478 e. The van der Waals surface area contributed by atoms with Crippen LogP contribution in [0.1, 0.15) is 42.6 Å². The van der Waals surface area contributed by atoms with Gasteiger partial charge in [-0.3, -0.25) is 4.79 Å². The van der Waals surface area contributed by atoms with Gasteiger partial charge in [-0.15, -0.1) is 0 Å². The lowest BCUT2D eigenvalue weighted by atomic mass is 10.1. The van der Waals surface area contributed by atoms with Crippen molar-refractivity contribution in [3.63, 3.8) is 0 Å². The van der Waals surface area contributed by atoms with Crippen LogP contribution in [0, 0.1) is 0 Å². The van der Waals surface area contributed by atoms with E-state index in [-0.39, 0.29) is 43.1 Å². The first-order valence-corrected chi connectivity index (χ1v) is 7.55. The smallest absolute Gasteiger partial charge is 0.335 e. The summed E-state index contributed by atoms with van der Waals surface area (Å²) in [5, 5.41) is 16.9. The van der Waals surface area contributed by atoms with Gasteiger partial charge in [-0.25, -0.2) is 9.59 Å². The molecule has 7 nitrogen and oxygen atoms in total. The Kier molecular flexibility index (Phi) is 7.59. The van der Waals surface area contributed by atoms with Crippen molar-refractivity contribution in [3.05, 3.63) is 35.4 Å². The monoisotopic (exact) mass is 321 g/mol. The second kappa shape index (κ2) is 9.45. The summed E-state index contributed by atoms with van der Waals surface area (Å²) in [6, 6.07) is 6.01. The van der Waals surface area contributed by atoms with Crippen molar-refractivity contribution in [1.29, 1.82) is 0 Å². The molecule has 0 radical (unpaired) electrons. The van der Waals surface area contributed by atoms with Crippen molar-refractivity contribution in [1.82, 2.24) is 16.0 Å². The van der Waals surface area contributed by atoms with Gasteiger partial charge >= 0.3 is 12.0 Å². The number of hydrogen-bond donors (Lipinski definition) is 4. The van der Waals surface area contributed by atoms with Crippen LogP contribution in [-0.2, 0) is 11.3 Å². The van der Waals surface area contributed by atoms with E-state index in [9.17, 15) is 14.4 Å². The number of carbonyl (C=O) groups is 3. The third-order valence-electron chi connectivity index (χ3n) is 3.31. The number of carboxylic acid groups (broad SMARTS) is 1. The molecule has 126 valence electrons. The first-order chi connectivity index (χ1) is 10.9. The van der Waals surface area contributed by atoms with Crippen LogP contribution in [0.2, 0.25) is 0 Å². The van der Waals surface area contributed by atoms with E-state index in [0.29, 0.717) is 0 Å². The number of rotatable bonds is 8. The zero-order chi connectivity index (χ0) is 17.2. The second-order valence-electron chi connectivity index (χ2n) is 5.24. The fraction of sp³-hybridized carbons (Fsp3) is 0.438. The highest BCUT2D eigenvalue weighted by molar-refractivity contribution is 5.87. The van der Waals surface area contributed by atoms with Crippen molar-refractivity contribution in [3.8, 4) is 0 Å². The fourth-order valence-corrected chi connectivity index (χ4v) is 1.75. The normalized spacial score (nSPS) is 11.4. The first-order valence-electron chi connectivity index (χ1n) is 7.55. The molecule has 7 heteroatoms. The summed E-state index contributed by atoms with van der Waals surface area (Å²) in [5.74, 6) is -1.08. The number of carboxylic acids is 1. The fourth-order valence-electron chi connectivity index (χ4n) is 1.75. The van der Waals surface area contributed by atoms with Gasteiger partial charge in [0.2, 0.25) is 5.91 Å². The summed E-state index contributed by atoms with van der Waals surface area (Å²) in [6.07, 6.45) is 1.09. The molecule has 0 bridgehead atoms. The van der Waals surface area contributed by atoms with Crippen molar-refractivity contribution >= 4 is 17.9 Å². The molecule has 1 aromatic rings. The number of amides is 3. The van der Waals surface area contributed by atoms with Gasteiger partial charge in [-0.2, -0.15) is 0 Å². The molecule has 1 atom stereocenters. The Morgan fingerprint density at radius 2 is 1.78 bits per heavy atom. The maximum Gasteiger partial charge on any atom is 0.335 e. The van der Waals surface area contributed by atoms with Gasteiger partial charge in [-0.1, -0.05) is 19.1 Å². The minimum atomic E-state index is -0.988. The van der Waals surface area contributed by atoms with Gasteiger partial charge in [0.25, 0.3) is 0 Å². The van der Waals surface area contributed by atoms with Crippen LogP contribution >= 0.6 is 0 Å². The summed E-state index contributed by atoms with van der Waals surface area (Å²) in [5.41, 5.74) is 0.991. The average Bonchev–Trinajstić information content (AvgIpc) is 2.53. The molecule has 0 spiro atoms. The van der Waals surface area contributed by atoms with Crippen LogP contribution in [0.3, 0.4) is 0 Å². The predicted molar refractivity (Wildman–Crippen MR) is 86.2 cm³/mol. The number of carbonyl (C=O) groups excluding carboxylic acids is 2. The number of hydrogen-bond acceptors (Lipinski definition) is 3. The highest BCUT2D eigenvalue weighted by Gasteiger charge is 2.07. The predicted octanol–water partition coefficient (Wildman–Crippen LogP) is 1.49. The first kappa shape index (κ1) is 18.5. The van der Waals surface area contributed by atoms with Gasteiger partial charge in [0.1, 0.15) is 0 Å². The third-order valence-corrected chi connectivity index (χ3v) is 3.31. The molecule has 3 amide bonds. The summed E-state index contributed by atoms with van der Waals surface area (Å²) >= 11 is 0. The molecule has 0 saturated carbocycles. The van der Waals surface area contributed by atoms with Gasteiger partial charge in [0.05, 0.1) is 5.56 Å². The maximum atomic E-state index is 11.6. The minimum absolute atomic E-state index is 0.0936. The molecule has 0 aliphatic rings. The molecule has 1 rings (SSSR count). The van der Waals surface area contributed by atoms with Crippen LogP contribution in [0.15, 0.2) is 24.3 Å². The lowest BCUT2D eigenvalue weighted by Gasteiger charge is -2.12. The molecule has 4 N–H and O–H groups in total. The van der Waals surface area contributed by atoms with E-state index in [1.54, 1.807) is 12.1 Å². The Morgan fingerprint density at radius 1 is 1.13 bits per heavy atom. The zero-order valence-corrected chi connectivity index (χ0v) is 13.4. The third kappa shape index (κ3) is 7.30. The molecular weight excluding hydrogens is 298 g/mol. The molecule has 1 aromatic carbocycles. The second-order valence-corrected chi connectivity index (χ2v) is 5.24.